The summed E-state index contributed by atoms with van der Waals surface area (Å²) in [4.78, 5) is 1.20. The summed E-state index contributed by atoms with van der Waals surface area (Å²) in [5, 5.41) is 3.87. The molecule has 10 heavy (non-hydrogen) atoms. The molecule has 0 spiro atoms. The number of aromatic nitrogens is 2. The summed E-state index contributed by atoms with van der Waals surface area (Å²) in [7, 11) is 0. The van der Waals surface area contributed by atoms with Gasteiger partial charge in [0.1, 0.15) is 4.60 Å². The normalized spacial score (nSPS) is 12.0. The molecule has 0 N–H and O–H groups in total. The van der Waals surface area contributed by atoms with Gasteiger partial charge in [-0.1, -0.05) is 25.3 Å². The molecule has 1 heterocycles. The molecule has 0 aromatic carbocycles. The second-order valence-electron chi connectivity index (χ2n) is 3.14. The van der Waals surface area contributed by atoms with Gasteiger partial charge in [-0.05, 0) is 27.5 Å². The summed E-state index contributed by atoms with van der Waals surface area (Å²) < 4.78 is 4.71. The molecule has 0 amide bonds. The summed E-state index contributed by atoms with van der Waals surface area (Å²) in [5.41, 5.74) is 0.160. The minimum atomic E-state index is 0.160. The standard InChI is InChI=1S/C6H9BrN2S/c1-6(2,3)4-5(7)8-9-10-4/h1-3H3. The van der Waals surface area contributed by atoms with Gasteiger partial charge in [0, 0.05) is 5.41 Å². The van der Waals surface area contributed by atoms with E-state index in [-0.39, 0.29) is 5.41 Å². The van der Waals surface area contributed by atoms with Crippen molar-refractivity contribution in [2.45, 2.75) is 26.2 Å². The smallest absolute Gasteiger partial charge is 0.131 e. The average molecular weight is 221 g/mol. The molecule has 0 unspecified atom stereocenters. The van der Waals surface area contributed by atoms with E-state index in [9.17, 15) is 0 Å². The van der Waals surface area contributed by atoms with Gasteiger partial charge in [-0.25, -0.2) is 0 Å². The molecule has 1 aromatic heterocycles. The van der Waals surface area contributed by atoms with Crippen LogP contribution in [0, 0.1) is 0 Å². The first-order chi connectivity index (χ1) is 4.52. The summed E-state index contributed by atoms with van der Waals surface area (Å²) in [6.07, 6.45) is 0. The van der Waals surface area contributed by atoms with E-state index in [1.165, 1.54) is 16.4 Å². The lowest BCUT2D eigenvalue weighted by atomic mass is 9.96. The number of nitrogens with zero attached hydrogens (tertiary/aromatic N) is 2. The highest BCUT2D eigenvalue weighted by Crippen LogP contribution is 2.30. The van der Waals surface area contributed by atoms with Crippen molar-refractivity contribution in [3.8, 4) is 0 Å². The average Bonchev–Trinajstić information content (AvgIpc) is 2.11. The van der Waals surface area contributed by atoms with E-state index < -0.39 is 0 Å². The molecule has 2 nitrogen and oxygen atoms in total. The van der Waals surface area contributed by atoms with E-state index in [1.54, 1.807) is 0 Å². The van der Waals surface area contributed by atoms with Gasteiger partial charge in [-0.15, -0.1) is 5.10 Å². The maximum atomic E-state index is 3.87. The minimum Gasteiger partial charge on any atom is -0.131 e. The van der Waals surface area contributed by atoms with Crippen molar-refractivity contribution in [3.05, 3.63) is 9.48 Å². The minimum absolute atomic E-state index is 0.160. The first-order valence-electron chi connectivity index (χ1n) is 3.00. The Labute approximate surface area is 72.9 Å². The summed E-state index contributed by atoms with van der Waals surface area (Å²) >= 11 is 4.79. The van der Waals surface area contributed by atoms with Gasteiger partial charge in [-0.2, -0.15) is 0 Å². The van der Waals surface area contributed by atoms with Crippen LogP contribution in [-0.4, -0.2) is 9.59 Å². The molecule has 56 valence electrons. The topological polar surface area (TPSA) is 25.8 Å². The zero-order chi connectivity index (χ0) is 7.78. The number of rotatable bonds is 0. The van der Waals surface area contributed by atoms with Gasteiger partial charge in [0.15, 0.2) is 0 Å². The summed E-state index contributed by atoms with van der Waals surface area (Å²) in [5.74, 6) is 0. The fourth-order valence-electron chi connectivity index (χ4n) is 0.627. The molecule has 0 aliphatic carbocycles. The van der Waals surface area contributed by atoms with Crippen LogP contribution in [0.25, 0.3) is 0 Å². The lowest BCUT2D eigenvalue weighted by Crippen LogP contribution is -2.09. The van der Waals surface area contributed by atoms with Crippen LogP contribution in [0.5, 0.6) is 0 Å². The molecule has 0 aliphatic rings. The van der Waals surface area contributed by atoms with Crippen LogP contribution in [0.2, 0.25) is 0 Å². The molecule has 0 bridgehead atoms. The van der Waals surface area contributed by atoms with Crippen LogP contribution in [0.3, 0.4) is 0 Å². The Morgan fingerprint density at radius 3 is 2.20 bits per heavy atom. The zero-order valence-corrected chi connectivity index (χ0v) is 8.58. The van der Waals surface area contributed by atoms with E-state index in [0.29, 0.717) is 0 Å². The van der Waals surface area contributed by atoms with Crippen LogP contribution in [0.4, 0.5) is 0 Å². The third-order valence-corrected chi connectivity index (χ3v) is 3.10. The molecule has 0 aliphatic heterocycles. The number of halogens is 1. The number of hydrogen-bond acceptors (Lipinski definition) is 3. The van der Waals surface area contributed by atoms with Gasteiger partial charge in [0.25, 0.3) is 0 Å². The lowest BCUT2D eigenvalue weighted by Gasteiger charge is -2.14. The zero-order valence-electron chi connectivity index (χ0n) is 6.18. The largest absolute Gasteiger partial charge is 0.144 e. The van der Waals surface area contributed by atoms with Crippen LogP contribution < -0.4 is 0 Å². The first kappa shape index (κ1) is 8.14. The highest BCUT2D eigenvalue weighted by atomic mass is 79.9. The first-order valence-corrected chi connectivity index (χ1v) is 4.57. The molecule has 4 heteroatoms. The molecule has 0 atom stereocenters. The summed E-state index contributed by atoms with van der Waals surface area (Å²) in [6, 6.07) is 0. The third kappa shape index (κ3) is 1.55. The fraction of sp³-hybridized carbons (Fsp3) is 0.667. The maximum Gasteiger partial charge on any atom is 0.144 e. The van der Waals surface area contributed by atoms with E-state index >= 15 is 0 Å². The van der Waals surface area contributed by atoms with Crippen molar-refractivity contribution in [3.63, 3.8) is 0 Å². The maximum absolute atomic E-state index is 3.87. The quantitative estimate of drug-likeness (QED) is 0.672. The van der Waals surface area contributed by atoms with Gasteiger partial charge in [0.05, 0.1) is 4.88 Å². The number of hydrogen-bond donors (Lipinski definition) is 0. The van der Waals surface area contributed by atoms with Crippen molar-refractivity contribution in [1.29, 1.82) is 0 Å². The molecule has 0 saturated carbocycles. The van der Waals surface area contributed by atoms with Gasteiger partial charge in [-0.3, -0.25) is 0 Å². The Bertz CT molecular complexity index is 226. The monoisotopic (exact) mass is 220 g/mol. The highest BCUT2D eigenvalue weighted by molar-refractivity contribution is 9.10. The predicted molar refractivity (Wildman–Crippen MR) is 46.3 cm³/mol. The van der Waals surface area contributed by atoms with Crippen molar-refractivity contribution in [2.75, 3.05) is 0 Å². The van der Waals surface area contributed by atoms with Crippen LogP contribution >= 0.6 is 27.5 Å². The SMILES string of the molecule is CC(C)(C)c1snnc1Br. The van der Waals surface area contributed by atoms with Crippen LogP contribution in [0.15, 0.2) is 4.60 Å². The Hall–Kier alpha value is 0.0400. The van der Waals surface area contributed by atoms with E-state index in [0.717, 1.165) is 4.60 Å². The second-order valence-corrected chi connectivity index (χ2v) is 4.65. The Kier molecular flexibility index (Phi) is 2.10. The van der Waals surface area contributed by atoms with Gasteiger partial charge in [0.2, 0.25) is 0 Å². The molecular weight excluding hydrogens is 212 g/mol. The van der Waals surface area contributed by atoms with Crippen molar-refractivity contribution >= 4 is 27.5 Å². The van der Waals surface area contributed by atoms with Crippen molar-refractivity contribution < 1.29 is 0 Å². The lowest BCUT2D eigenvalue weighted by molar-refractivity contribution is 0.599. The highest BCUT2D eigenvalue weighted by Gasteiger charge is 2.20. The van der Waals surface area contributed by atoms with Crippen LogP contribution in [-0.2, 0) is 5.41 Å². The third-order valence-electron chi connectivity index (χ3n) is 1.13. The second kappa shape index (κ2) is 2.58. The molecular formula is C6H9BrN2S. The molecule has 1 rings (SSSR count). The molecule has 0 fully saturated rings. The Balaban J connectivity index is 3.05. The van der Waals surface area contributed by atoms with Gasteiger partial charge < -0.3 is 0 Å². The van der Waals surface area contributed by atoms with Crippen molar-refractivity contribution in [1.82, 2.24) is 9.59 Å². The Morgan fingerprint density at radius 2 is 2.00 bits per heavy atom. The molecule has 1 aromatic rings. The Morgan fingerprint density at radius 1 is 1.40 bits per heavy atom. The summed E-state index contributed by atoms with van der Waals surface area (Å²) in [6.45, 7) is 6.44. The van der Waals surface area contributed by atoms with E-state index in [1.807, 2.05) is 0 Å². The van der Waals surface area contributed by atoms with E-state index in [4.69, 9.17) is 0 Å². The van der Waals surface area contributed by atoms with Crippen LogP contribution in [0.1, 0.15) is 25.6 Å². The van der Waals surface area contributed by atoms with Gasteiger partial charge >= 0.3 is 0 Å². The van der Waals surface area contributed by atoms with Crippen molar-refractivity contribution in [2.24, 2.45) is 0 Å². The molecule has 0 radical (unpaired) electrons. The molecule has 0 saturated heterocycles. The predicted octanol–water partition coefficient (Wildman–Crippen LogP) is 2.60. The van der Waals surface area contributed by atoms with E-state index in [2.05, 4.69) is 46.3 Å². The fourth-order valence-corrected chi connectivity index (χ4v) is 2.22.